The van der Waals surface area contributed by atoms with Gasteiger partial charge in [0.25, 0.3) is 0 Å². The molecule has 0 aliphatic heterocycles. The zero-order valence-corrected chi connectivity index (χ0v) is 7.26. The number of allylic oxidation sites excluding steroid dienone is 1. The predicted molar refractivity (Wildman–Crippen MR) is 50.2 cm³/mol. The summed E-state index contributed by atoms with van der Waals surface area (Å²) in [5, 5.41) is 8.70. The molecule has 0 saturated heterocycles. The lowest BCUT2D eigenvalue weighted by Gasteiger charge is -2.05. The van der Waals surface area contributed by atoms with Crippen LogP contribution in [0.1, 0.15) is 18.1 Å². The van der Waals surface area contributed by atoms with Gasteiger partial charge in [-0.3, -0.25) is 0 Å². The SMILES string of the molecule is C=C(C)c1c(F)cc(N)cc1C#N. The summed E-state index contributed by atoms with van der Waals surface area (Å²) in [5.41, 5.74) is 6.63. The van der Waals surface area contributed by atoms with Crippen molar-refractivity contribution >= 4 is 11.3 Å². The topological polar surface area (TPSA) is 49.8 Å². The summed E-state index contributed by atoms with van der Waals surface area (Å²) in [4.78, 5) is 0. The molecule has 0 aliphatic rings. The molecule has 0 fully saturated rings. The van der Waals surface area contributed by atoms with Gasteiger partial charge in [0.05, 0.1) is 11.6 Å². The fourth-order valence-corrected chi connectivity index (χ4v) is 1.15. The van der Waals surface area contributed by atoms with E-state index in [4.69, 9.17) is 11.0 Å². The van der Waals surface area contributed by atoms with E-state index in [1.165, 1.54) is 12.1 Å². The average Bonchev–Trinajstić information content (AvgIpc) is 2.01. The Kier molecular flexibility index (Phi) is 2.34. The Labute approximate surface area is 76.1 Å². The summed E-state index contributed by atoms with van der Waals surface area (Å²) in [7, 11) is 0. The molecule has 66 valence electrons. The van der Waals surface area contributed by atoms with Gasteiger partial charge >= 0.3 is 0 Å². The minimum Gasteiger partial charge on any atom is -0.399 e. The third-order valence-electron chi connectivity index (χ3n) is 1.66. The molecular weight excluding hydrogens is 167 g/mol. The second kappa shape index (κ2) is 3.28. The Morgan fingerprint density at radius 1 is 1.62 bits per heavy atom. The van der Waals surface area contributed by atoms with Crippen molar-refractivity contribution in [2.75, 3.05) is 5.73 Å². The van der Waals surface area contributed by atoms with Crippen molar-refractivity contribution in [2.24, 2.45) is 0 Å². The molecule has 0 unspecified atom stereocenters. The summed E-state index contributed by atoms with van der Waals surface area (Å²) in [6.07, 6.45) is 0. The lowest BCUT2D eigenvalue weighted by Crippen LogP contribution is -1.95. The maximum absolute atomic E-state index is 13.3. The molecule has 0 bridgehead atoms. The first-order valence-electron chi connectivity index (χ1n) is 3.71. The second-order valence-corrected chi connectivity index (χ2v) is 2.82. The molecule has 0 aromatic heterocycles. The Bertz CT molecular complexity index is 402. The molecular formula is C10H9FN2. The van der Waals surface area contributed by atoms with Gasteiger partial charge in [-0.1, -0.05) is 6.58 Å². The van der Waals surface area contributed by atoms with Gasteiger partial charge in [-0.05, 0) is 24.6 Å². The van der Waals surface area contributed by atoms with E-state index in [-0.39, 0.29) is 16.8 Å². The summed E-state index contributed by atoms with van der Waals surface area (Å²) in [6.45, 7) is 5.24. The van der Waals surface area contributed by atoms with Crippen molar-refractivity contribution in [3.63, 3.8) is 0 Å². The van der Waals surface area contributed by atoms with Crippen LogP contribution in [0.5, 0.6) is 0 Å². The predicted octanol–water partition coefficient (Wildman–Crippen LogP) is 2.31. The molecule has 0 spiro atoms. The van der Waals surface area contributed by atoms with Crippen LogP contribution in [0, 0.1) is 17.1 Å². The Morgan fingerprint density at radius 3 is 2.69 bits per heavy atom. The minimum absolute atomic E-state index is 0.227. The smallest absolute Gasteiger partial charge is 0.134 e. The van der Waals surface area contributed by atoms with Crippen LogP contribution in [-0.2, 0) is 0 Å². The maximum Gasteiger partial charge on any atom is 0.134 e. The van der Waals surface area contributed by atoms with E-state index in [1.807, 2.05) is 6.07 Å². The maximum atomic E-state index is 13.3. The molecule has 0 atom stereocenters. The third kappa shape index (κ3) is 1.67. The average molecular weight is 176 g/mol. The van der Waals surface area contributed by atoms with E-state index >= 15 is 0 Å². The fraction of sp³-hybridized carbons (Fsp3) is 0.100. The number of halogens is 1. The van der Waals surface area contributed by atoms with Crippen LogP contribution in [0.4, 0.5) is 10.1 Å². The van der Waals surface area contributed by atoms with Gasteiger partial charge in [-0.25, -0.2) is 4.39 Å². The molecule has 3 heteroatoms. The number of nitrogen functional groups attached to an aromatic ring is 1. The van der Waals surface area contributed by atoms with Crippen LogP contribution in [0.3, 0.4) is 0 Å². The number of anilines is 1. The molecule has 0 heterocycles. The summed E-state index contributed by atoms with van der Waals surface area (Å²) in [5.74, 6) is -0.496. The Morgan fingerprint density at radius 2 is 2.23 bits per heavy atom. The van der Waals surface area contributed by atoms with Crippen LogP contribution in [-0.4, -0.2) is 0 Å². The number of rotatable bonds is 1. The van der Waals surface area contributed by atoms with Gasteiger partial charge in [-0.2, -0.15) is 5.26 Å². The van der Waals surface area contributed by atoms with Crippen LogP contribution in [0.2, 0.25) is 0 Å². The third-order valence-corrected chi connectivity index (χ3v) is 1.66. The first kappa shape index (κ1) is 9.27. The van der Waals surface area contributed by atoms with Gasteiger partial charge in [0.15, 0.2) is 0 Å². The number of hydrogen-bond donors (Lipinski definition) is 1. The fourth-order valence-electron chi connectivity index (χ4n) is 1.15. The summed E-state index contributed by atoms with van der Waals surface area (Å²) in [6, 6.07) is 4.50. The van der Waals surface area contributed by atoms with Gasteiger partial charge in [0.1, 0.15) is 5.82 Å². The van der Waals surface area contributed by atoms with Crippen LogP contribution >= 0.6 is 0 Å². The molecule has 0 radical (unpaired) electrons. The van der Waals surface area contributed by atoms with Gasteiger partial charge in [-0.15, -0.1) is 0 Å². The first-order chi connectivity index (χ1) is 6.06. The molecule has 0 aliphatic carbocycles. The lowest BCUT2D eigenvalue weighted by atomic mass is 10.0. The molecule has 2 N–H and O–H groups in total. The van der Waals surface area contributed by atoms with Gasteiger partial charge in [0, 0.05) is 11.3 Å². The molecule has 13 heavy (non-hydrogen) atoms. The zero-order valence-electron chi connectivity index (χ0n) is 7.26. The van der Waals surface area contributed by atoms with Crippen molar-refractivity contribution in [3.05, 3.63) is 35.7 Å². The van der Waals surface area contributed by atoms with Crippen LogP contribution in [0.15, 0.2) is 18.7 Å². The summed E-state index contributed by atoms with van der Waals surface area (Å²) >= 11 is 0. The minimum atomic E-state index is -0.496. The largest absolute Gasteiger partial charge is 0.399 e. The number of nitrogens with zero attached hydrogens (tertiary/aromatic N) is 1. The molecule has 2 nitrogen and oxygen atoms in total. The van der Waals surface area contributed by atoms with E-state index in [2.05, 4.69) is 6.58 Å². The Hall–Kier alpha value is -1.82. The highest BCUT2D eigenvalue weighted by molar-refractivity contribution is 5.70. The van der Waals surface area contributed by atoms with Crippen LogP contribution in [0.25, 0.3) is 5.57 Å². The van der Waals surface area contributed by atoms with Gasteiger partial charge in [0.2, 0.25) is 0 Å². The van der Waals surface area contributed by atoms with E-state index in [1.54, 1.807) is 6.92 Å². The molecule has 1 rings (SSSR count). The number of benzene rings is 1. The summed E-state index contributed by atoms with van der Waals surface area (Å²) < 4.78 is 13.3. The molecule has 0 amide bonds. The quantitative estimate of drug-likeness (QED) is 0.667. The Balaban J connectivity index is 3.50. The second-order valence-electron chi connectivity index (χ2n) is 2.82. The van der Waals surface area contributed by atoms with Crippen molar-refractivity contribution in [1.29, 1.82) is 5.26 Å². The van der Waals surface area contributed by atoms with E-state index < -0.39 is 5.82 Å². The number of nitrogens with two attached hydrogens (primary N) is 1. The molecule has 1 aromatic carbocycles. The monoisotopic (exact) mass is 176 g/mol. The number of nitriles is 1. The normalized spacial score (nSPS) is 9.31. The highest BCUT2D eigenvalue weighted by Gasteiger charge is 2.09. The number of hydrogen-bond acceptors (Lipinski definition) is 2. The molecule has 0 saturated carbocycles. The van der Waals surface area contributed by atoms with Crippen molar-refractivity contribution < 1.29 is 4.39 Å². The van der Waals surface area contributed by atoms with Crippen molar-refractivity contribution in [1.82, 2.24) is 0 Å². The van der Waals surface area contributed by atoms with E-state index in [0.717, 1.165) is 0 Å². The highest BCUT2D eigenvalue weighted by Crippen LogP contribution is 2.23. The molecule has 1 aromatic rings. The lowest BCUT2D eigenvalue weighted by molar-refractivity contribution is 0.624. The van der Waals surface area contributed by atoms with Crippen molar-refractivity contribution in [2.45, 2.75) is 6.92 Å². The van der Waals surface area contributed by atoms with Crippen LogP contribution < -0.4 is 5.73 Å². The van der Waals surface area contributed by atoms with Gasteiger partial charge < -0.3 is 5.73 Å². The van der Waals surface area contributed by atoms with E-state index in [0.29, 0.717) is 5.57 Å². The zero-order chi connectivity index (χ0) is 10.0. The highest BCUT2D eigenvalue weighted by atomic mass is 19.1. The first-order valence-corrected chi connectivity index (χ1v) is 3.71. The standard InChI is InChI=1S/C10H9FN2/c1-6(2)10-7(5-12)3-8(13)4-9(10)11/h3-4H,1,13H2,2H3. The van der Waals surface area contributed by atoms with E-state index in [9.17, 15) is 4.39 Å². The van der Waals surface area contributed by atoms with Crippen molar-refractivity contribution in [3.8, 4) is 6.07 Å².